The number of nitrogens with two attached hydrogens (primary N) is 3. The molecule has 174 valence electrons. The number of nitrogens with zero attached hydrogens (tertiary/aromatic N) is 2. The van der Waals surface area contributed by atoms with Crippen molar-refractivity contribution in [2.24, 2.45) is 28.1 Å². The number of guanidine groups is 1. The summed E-state index contributed by atoms with van der Waals surface area (Å²) >= 11 is 0. The first-order chi connectivity index (χ1) is 13.7. The Bertz CT molecular complexity index is 684. The van der Waals surface area contributed by atoms with Crippen LogP contribution in [0.3, 0.4) is 0 Å². The fraction of sp³-hybridized carbons (Fsp3) is 0.733. The quantitative estimate of drug-likeness (QED) is 0.0396. The number of carbonyl (C=O) groups is 3. The molecule has 10 N–H and O–H groups in total. The number of hydrogen-bond donors (Lipinski definition) is 7. The van der Waals surface area contributed by atoms with E-state index < -0.39 is 43.2 Å². The summed E-state index contributed by atoms with van der Waals surface area (Å²) in [5.41, 5.74) is 18.3. The summed E-state index contributed by atoms with van der Waals surface area (Å²) < 4.78 is 16.9. The number of esters is 1. The van der Waals surface area contributed by atoms with E-state index >= 15 is 0 Å². The molecule has 0 aromatic rings. The average Bonchev–Trinajstić information content (AvgIpc) is 2.67. The summed E-state index contributed by atoms with van der Waals surface area (Å²) in [5, 5.41) is 12.1. The van der Waals surface area contributed by atoms with Crippen LogP contribution >= 0.6 is 7.52 Å². The van der Waals surface area contributed by atoms with Gasteiger partial charge in [-0.2, -0.15) is 0 Å². The second kappa shape index (κ2) is 12.4. The van der Waals surface area contributed by atoms with Gasteiger partial charge in [0, 0.05) is 13.6 Å². The fourth-order valence-corrected chi connectivity index (χ4v) is 3.01. The fourth-order valence-electron chi connectivity index (χ4n) is 2.06. The minimum Gasteiger partial charge on any atom is -0.467 e. The lowest BCUT2D eigenvalue weighted by atomic mass is 10.0. The third-order valence-electron chi connectivity index (χ3n) is 4.03. The number of carbonyl (C=O) groups excluding carboxylic acids is 3. The zero-order valence-corrected chi connectivity index (χ0v) is 18.3. The van der Waals surface area contributed by atoms with Crippen LogP contribution < -0.4 is 27.9 Å². The van der Waals surface area contributed by atoms with Gasteiger partial charge in [0.1, 0.15) is 6.04 Å². The Hall–Kier alpha value is -2.25. The van der Waals surface area contributed by atoms with E-state index in [1.807, 2.05) is 0 Å². The van der Waals surface area contributed by atoms with E-state index in [1.165, 1.54) is 0 Å². The van der Waals surface area contributed by atoms with Crippen molar-refractivity contribution in [3.05, 3.63) is 0 Å². The molecule has 0 aliphatic rings. The Labute approximate surface area is 174 Å². The predicted molar refractivity (Wildman–Crippen MR) is 108 cm³/mol. The van der Waals surface area contributed by atoms with E-state index in [1.54, 1.807) is 13.8 Å². The molecule has 14 nitrogen and oxygen atoms in total. The molecule has 0 spiro atoms. The first kappa shape index (κ1) is 27.8. The van der Waals surface area contributed by atoms with E-state index in [9.17, 15) is 28.9 Å². The first-order valence-corrected chi connectivity index (χ1v) is 10.7. The highest BCUT2D eigenvalue weighted by Crippen LogP contribution is 2.47. The van der Waals surface area contributed by atoms with Crippen LogP contribution in [0.1, 0.15) is 26.7 Å². The van der Waals surface area contributed by atoms with E-state index in [-0.39, 0.29) is 24.8 Å². The summed E-state index contributed by atoms with van der Waals surface area (Å²) in [7, 11) is -2.87. The molecule has 2 unspecified atom stereocenters. The number of aliphatic imine (C=N–C) groups is 1. The van der Waals surface area contributed by atoms with Crippen LogP contribution in [0, 0.1) is 5.92 Å². The summed E-state index contributed by atoms with van der Waals surface area (Å²) in [6.07, 6.45) is 0.362. The van der Waals surface area contributed by atoms with Crippen molar-refractivity contribution in [3.8, 4) is 0 Å². The van der Waals surface area contributed by atoms with Crippen molar-refractivity contribution < 1.29 is 33.7 Å². The van der Waals surface area contributed by atoms with Crippen LogP contribution in [0.25, 0.3) is 0 Å². The van der Waals surface area contributed by atoms with E-state index in [2.05, 4.69) is 20.5 Å². The number of hydrogen-bond acceptors (Lipinski definition) is 8. The molecule has 0 aromatic heterocycles. The molecule has 0 aliphatic heterocycles. The molecule has 0 aromatic carbocycles. The van der Waals surface area contributed by atoms with Crippen molar-refractivity contribution in [3.63, 3.8) is 0 Å². The van der Waals surface area contributed by atoms with Crippen molar-refractivity contribution in [1.29, 1.82) is 0 Å². The molecular weight excluding hydrogens is 421 g/mol. The molecule has 30 heavy (non-hydrogen) atoms. The van der Waals surface area contributed by atoms with Crippen molar-refractivity contribution >= 4 is 31.3 Å². The van der Waals surface area contributed by atoms with Gasteiger partial charge in [0.25, 0.3) is 5.91 Å². The van der Waals surface area contributed by atoms with Gasteiger partial charge in [0.15, 0.2) is 5.96 Å². The number of ether oxygens (including phenoxy) is 1. The van der Waals surface area contributed by atoms with Crippen molar-refractivity contribution in [2.45, 2.75) is 44.6 Å². The molecule has 0 heterocycles. The second-order valence-electron chi connectivity index (χ2n) is 6.77. The Kier molecular flexibility index (Phi) is 11.5. The van der Waals surface area contributed by atoms with Crippen LogP contribution in [-0.2, 0) is 23.7 Å². The Morgan fingerprint density at radius 1 is 1.23 bits per heavy atom. The number of amides is 2. The summed E-state index contributed by atoms with van der Waals surface area (Å²) in [4.78, 5) is 49.9. The maximum Gasteiger partial charge on any atom is 0.346 e. The molecule has 0 aliphatic carbocycles. The monoisotopic (exact) mass is 453 g/mol. The molecule has 4 atom stereocenters. The molecule has 0 saturated carbocycles. The lowest BCUT2D eigenvalue weighted by Crippen LogP contribution is -2.55. The van der Waals surface area contributed by atoms with Crippen LogP contribution in [0.5, 0.6) is 0 Å². The summed E-state index contributed by atoms with van der Waals surface area (Å²) in [6.45, 7) is 3.62. The third kappa shape index (κ3) is 8.63. The Morgan fingerprint density at radius 3 is 2.27 bits per heavy atom. The molecule has 0 saturated heterocycles. The van der Waals surface area contributed by atoms with Crippen LogP contribution in [-0.4, -0.2) is 77.2 Å². The zero-order chi connectivity index (χ0) is 23.6. The SMILES string of the molecule is COC(=O)C(O)P(=O)(O)N(C)NC(=O)[C@H](CCCN=C(N)N)NC(=O)[C@@H](N)C(C)C. The number of methoxy groups -OCH3 is 1. The second-order valence-corrected chi connectivity index (χ2v) is 9.03. The van der Waals surface area contributed by atoms with Gasteiger partial charge in [-0.05, 0) is 18.8 Å². The van der Waals surface area contributed by atoms with Gasteiger partial charge in [-0.25, -0.2) is 4.79 Å². The number of aliphatic hydroxyl groups excluding tert-OH is 1. The van der Waals surface area contributed by atoms with Gasteiger partial charge in [-0.15, -0.1) is 4.78 Å². The molecule has 0 fully saturated rings. The van der Waals surface area contributed by atoms with Crippen LogP contribution in [0.4, 0.5) is 0 Å². The standard InChI is InChI=1S/C15H32N7O7P/c1-8(2)10(16)12(24)20-9(6-5-7-19-15(17)18)11(23)21-22(3)30(27,28)14(26)13(25)29-4/h8-10,14,26H,5-7,16H2,1-4H3,(H,20,24)(H,21,23)(H,27,28)(H4,17,18,19)/t9-,10-,14?/m0/s1. The Morgan fingerprint density at radius 2 is 1.80 bits per heavy atom. The topological polar surface area (TPSA) is 236 Å². The van der Waals surface area contributed by atoms with Gasteiger partial charge in [-0.3, -0.25) is 24.6 Å². The average molecular weight is 453 g/mol. The van der Waals surface area contributed by atoms with Gasteiger partial charge in [0.05, 0.1) is 13.2 Å². The highest BCUT2D eigenvalue weighted by molar-refractivity contribution is 7.57. The maximum atomic E-state index is 12.6. The minimum atomic E-state index is -4.76. The molecule has 15 heteroatoms. The molecule has 2 amide bonds. The Balaban J connectivity index is 5.33. The van der Waals surface area contributed by atoms with Crippen LogP contribution in [0.2, 0.25) is 0 Å². The molecule has 0 radical (unpaired) electrons. The third-order valence-corrected chi connectivity index (χ3v) is 5.84. The minimum absolute atomic E-state index is 0.0717. The number of aliphatic hydroxyl groups is 1. The van der Waals surface area contributed by atoms with Gasteiger partial charge >= 0.3 is 13.5 Å². The lowest BCUT2D eigenvalue weighted by molar-refractivity contribution is -0.146. The van der Waals surface area contributed by atoms with E-state index in [4.69, 9.17) is 17.2 Å². The molecular formula is C15H32N7O7P. The largest absolute Gasteiger partial charge is 0.467 e. The highest BCUT2D eigenvalue weighted by Gasteiger charge is 2.41. The lowest BCUT2D eigenvalue weighted by Gasteiger charge is -2.28. The highest BCUT2D eigenvalue weighted by atomic mass is 31.2. The number of hydrazine groups is 1. The van der Waals surface area contributed by atoms with Crippen LogP contribution in [0.15, 0.2) is 4.99 Å². The van der Waals surface area contributed by atoms with Gasteiger partial charge in [-0.1, -0.05) is 13.8 Å². The van der Waals surface area contributed by atoms with Gasteiger partial charge < -0.3 is 37.3 Å². The first-order valence-electron chi connectivity index (χ1n) is 9.00. The van der Waals surface area contributed by atoms with Gasteiger partial charge in [0.2, 0.25) is 11.8 Å². The zero-order valence-electron chi connectivity index (χ0n) is 17.4. The summed E-state index contributed by atoms with van der Waals surface area (Å²) in [5.74, 6) is -5.58. The predicted octanol–water partition coefficient (Wildman–Crippen LogP) is -2.85. The van der Waals surface area contributed by atoms with E-state index in [0.717, 1.165) is 14.2 Å². The number of rotatable bonds is 12. The van der Waals surface area contributed by atoms with Crippen molar-refractivity contribution in [2.75, 3.05) is 20.7 Å². The smallest absolute Gasteiger partial charge is 0.346 e. The number of nitrogens with one attached hydrogen (secondary N) is 2. The molecule has 0 rings (SSSR count). The van der Waals surface area contributed by atoms with E-state index in [0.29, 0.717) is 11.2 Å². The molecule has 0 bridgehead atoms. The normalized spacial score (nSPS) is 16.2. The summed E-state index contributed by atoms with van der Waals surface area (Å²) in [6, 6.07) is -2.05. The van der Waals surface area contributed by atoms with Crippen molar-refractivity contribution in [1.82, 2.24) is 15.5 Å². The maximum absolute atomic E-state index is 12.6.